The molecule has 3 aromatic carbocycles. The van der Waals surface area contributed by atoms with Crippen LogP contribution >= 0.6 is 11.8 Å². The highest BCUT2D eigenvalue weighted by Crippen LogP contribution is 2.34. The third-order valence-corrected chi connectivity index (χ3v) is 6.68. The molecule has 2 heterocycles. The Morgan fingerprint density at radius 2 is 1.85 bits per heavy atom. The first-order valence-electron chi connectivity index (χ1n) is 10.9. The van der Waals surface area contributed by atoms with Gasteiger partial charge in [0.25, 0.3) is 5.56 Å². The molecule has 1 aliphatic heterocycles. The lowest BCUT2D eigenvalue weighted by Crippen LogP contribution is -2.26. The smallest absolute Gasteiger partial charge is 0.266 e. The second-order valence-corrected chi connectivity index (χ2v) is 9.47. The Kier molecular flexibility index (Phi) is 5.75. The van der Waals surface area contributed by atoms with E-state index < -0.39 is 5.25 Å². The van der Waals surface area contributed by atoms with Crippen molar-refractivity contribution in [2.75, 3.05) is 12.1 Å². The number of carbonyl (C=O) groups is 1. The summed E-state index contributed by atoms with van der Waals surface area (Å²) >= 11 is 1.24. The zero-order valence-corrected chi connectivity index (χ0v) is 19.8. The van der Waals surface area contributed by atoms with Crippen molar-refractivity contribution in [3.8, 4) is 17.2 Å². The van der Waals surface area contributed by atoms with Crippen molar-refractivity contribution < 1.29 is 14.3 Å². The zero-order valence-electron chi connectivity index (χ0n) is 19.0. The van der Waals surface area contributed by atoms with E-state index in [1.165, 1.54) is 11.8 Å². The summed E-state index contributed by atoms with van der Waals surface area (Å²) in [6.07, 6.45) is 0. The van der Waals surface area contributed by atoms with Gasteiger partial charge in [-0.15, -0.1) is 0 Å². The van der Waals surface area contributed by atoms with Crippen molar-refractivity contribution in [1.29, 1.82) is 0 Å². The van der Waals surface area contributed by atoms with Crippen molar-refractivity contribution in [1.82, 2.24) is 9.55 Å². The Balaban J connectivity index is 1.50. The molecule has 7 nitrogen and oxygen atoms in total. The van der Waals surface area contributed by atoms with E-state index in [0.717, 1.165) is 16.8 Å². The molecule has 172 valence electrons. The number of para-hydroxylation sites is 1. The average Bonchev–Trinajstić information content (AvgIpc) is 3.28. The molecule has 1 atom stereocenters. The molecule has 1 aliphatic rings. The lowest BCUT2D eigenvalue weighted by molar-refractivity contribution is -0.115. The van der Waals surface area contributed by atoms with E-state index in [2.05, 4.69) is 5.32 Å². The predicted octanol–water partition coefficient (Wildman–Crippen LogP) is 4.85. The Hall–Kier alpha value is -3.78. The van der Waals surface area contributed by atoms with Crippen LogP contribution in [0.5, 0.6) is 11.5 Å². The first kappa shape index (κ1) is 22.0. The number of thioether (sulfide) groups is 1. The Morgan fingerprint density at radius 3 is 2.68 bits per heavy atom. The number of ether oxygens (including phenoxy) is 2. The quantitative estimate of drug-likeness (QED) is 0.330. The summed E-state index contributed by atoms with van der Waals surface area (Å²) in [6.45, 7) is 5.94. The molecule has 1 N–H and O–H groups in total. The second-order valence-electron chi connectivity index (χ2n) is 8.16. The fraction of sp³-hybridized carbons (Fsp3) is 0.192. The highest BCUT2D eigenvalue weighted by Gasteiger charge is 2.22. The van der Waals surface area contributed by atoms with Crippen molar-refractivity contribution in [2.45, 2.75) is 31.2 Å². The van der Waals surface area contributed by atoms with E-state index in [4.69, 9.17) is 14.5 Å². The Bertz CT molecular complexity index is 1480. The van der Waals surface area contributed by atoms with E-state index >= 15 is 0 Å². The third kappa shape index (κ3) is 4.12. The lowest BCUT2D eigenvalue weighted by Gasteiger charge is -2.18. The SMILES string of the molecule is Cc1ccc(-n2c(S[C@@H](C)C(=O)Nc3ccc4c(c3)OCO4)nc3ccccc3c2=O)c(C)c1. The van der Waals surface area contributed by atoms with Crippen LogP contribution in [0.15, 0.2) is 70.6 Å². The molecule has 5 rings (SSSR count). The molecule has 8 heteroatoms. The third-order valence-electron chi connectivity index (χ3n) is 5.63. The van der Waals surface area contributed by atoms with Gasteiger partial charge in [-0.2, -0.15) is 0 Å². The van der Waals surface area contributed by atoms with Gasteiger partial charge in [-0.25, -0.2) is 4.98 Å². The van der Waals surface area contributed by atoms with E-state index in [0.29, 0.717) is 33.2 Å². The van der Waals surface area contributed by atoms with Gasteiger partial charge >= 0.3 is 0 Å². The van der Waals surface area contributed by atoms with Crippen LogP contribution in [-0.2, 0) is 4.79 Å². The number of aromatic nitrogens is 2. The molecule has 0 saturated carbocycles. The van der Waals surface area contributed by atoms with Gasteiger partial charge in [0.05, 0.1) is 21.8 Å². The van der Waals surface area contributed by atoms with Gasteiger partial charge in [-0.05, 0) is 56.7 Å². The van der Waals surface area contributed by atoms with Gasteiger partial charge in [0.1, 0.15) is 0 Å². The fourth-order valence-electron chi connectivity index (χ4n) is 3.89. The maximum atomic E-state index is 13.5. The molecule has 0 radical (unpaired) electrons. The summed E-state index contributed by atoms with van der Waals surface area (Å²) in [5.41, 5.74) is 3.86. The highest BCUT2D eigenvalue weighted by atomic mass is 32.2. The molecule has 0 unspecified atom stereocenters. The molecule has 0 spiro atoms. The first-order valence-corrected chi connectivity index (χ1v) is 11.8. The number of benzene rings is 3. The number of amides is 1. The summed E-state index contributed by atoms with van der Waals surface area (Å²) in [5, 5.41) is 3.39. The molecule has 4 aromatic rings. The molecule has 34 heavy (non-hydrogen) atoms. The largest absolute Gasteiger partial charge is 0.454 e. The Morgan fingerprint density at radius 1 is 1.06 bits per heavy atom. The van der Waals surface area contributed by atoms with Crippen molar-refractivity contribution >= 4 is 34.3 Å². The lowest BCUT2D eigenvalue weighted by atomic mass is 10.1. The molecule has 1 aromatic heterocycles. The molecule has 1 amide bonds. The molecule has 0 fully saturated rings. The van der Waals surface area contributed by atoms with Gasteiger partial charge in [-0.3, -0.25) is 14.2 Å². The molecular formula is C26H23N3O4S. The van der Waals surface area contributed by atoms with E-state index in [-0.39, 0.29) is 18.3 Å². The van der Waals surface area contributed by atoms with Crippen molar-refractivity contribution in [3.05, 3.63) is 82.1 Å². The second kappa shape index (κ2) is 8.87. The highest BCUT2D eigenvalue weighted by molar-refractivity contribution is 8.00. The first-order chi connectivity index (χ1) is 16.4. The van der Waals surface area contributed by atoms with Crippen LogP contribution in [0.1, 0.15) is 18.1 Å². The summed E-state index contributed by atoms with van der Waals surface area (Å²) in [4.78, 5) is 31.3. The number of anilines is 1. The van der Waals surface area contributed by atoms with Crippen LogP contribution in [0.2, 0.25) is 0 Å². The van der Waals surface area contributed by atoms with E-state index in [1.807, 2.05) is 50.2 Å². The minimum Gasteiger partial charge on any atom is -0.454 e. The number of nitrogens with one attached hydrogen (secondary N) is 1. The maximum absolute atomic E-state index is 13.5. The molecule has 0 bridgehead atoms. The van der Waals surface area contributed by atoms with E-state index in [9.17, 15) is 9.59 Å². The summed E-state index contributed by atoms with van der Waals surface area (Å²) in [7, 11) is 0. The number of hydrogen-bond donors (Lipinski definition) is 1. The topological polar surface area (TPSA) is 82.5 Å². The van der Waals surface area contributed by atoms with Gasteiger partial charge in [0.15, 0.2) is 16.7 Å². The minimum atomic E-state index is -0.518. The van der Waals surface area contributed by atoms with Crippen LogP contribution in [0.4, 0.5) is 5.69 Å². The number of hydrogen-bond acceptors (Lipinski definition) is 6. The van der Waals surface area contributed by atoms with Crippen LogP contribution in [0.25, 0.3) is 16.6 Å². The minimum absolute atomic E-state index is 0.163. The van der Waals surface area contributed by atoms with Crippen molar-refractivity contribution in [2.24, 2.45) is 0 Å². The van der Waals surface area contributed by atoms with Crippen LogP contribution < -0.4 is 20.3 Å². The van der Waals surface area contributed by atoms with Gasteiger partial charge < -0.3 is 14.8 Å². The average molecular weight is 474 g/mol. The normalized spacial score (nSPS) is 13.1. The fourth-order valence-corrected chi connectivity index (χ4v) is 4.81. The Labute approximate surface area is 200 Å². The monoisotopic (exact) mass is 473 g/mol. The maximum Gasteiger partial charge on any atom is 0.266 e. The van der Waals surface area contributed by atoms with Crippen LogP contribution in [-0.4, -0.2) is 27.5 Å². The van der Waals surface area contributed by atoms with Gasteiger partial charge in [-0.1, -0.05) is 41.6 Å². The number of fused-ring (bicyclic) bond motifs is 2. The standard InChI is InChI=1S/C26H23N3O4S/c1-15-8-10-21(16(2)12-15)29-25(31)19-6-4-5-7-20(19)28-26(29)34-17(3)24(30)27-18-9-11-22-23(13-18)33-14-32-22/h4-13,17H,14H2,1-3H3,(H,27,30)/t17-/m0/s1. The number of aryl methyl sites for hydroxylation is 2. The van der Waals surface area contributed by atoms with Crippen LogP contribution in [0.3, 0.4) is 0 Å². The van der Waals surface area contributed by atoms with Crippen LogP contribution in [0, 0.1) is 13.8 Å². The molecular weight excluding hydrogens is 450 g/mol. The van der Waals surface area contributed by atoms with Crippen molar-refractivity contribution in [3.63, 3.8) is 0 Å². The number of carbonyl (C=O) groups excluding carboxylic acids is 1. The molecule has 0 aliphatic carbocycles. The molecule has 0 saturated heterocycles. The zero-order chi connectivity index (χ0) is 23.8. The summed E-state index contributed by atoms with van der Waals surface area (Å²) in [5.74, 6) is 1.04. The van der Waals surface area contributed by atoms with Gasteiger partial charge in [0.2, 0.25) is 12.7 Å². The predicted molar refractivity (Wildman–Crippen MR) is 133 cm³/mol. The van der Waals surface area contributed by atoms with Gasteiger partial charge in [0, 0.05) is 11.8 Å². The number of nitrogens with zero attached hydrogens (tertiary/aromatic N) is 2. The van der Waals surface area contributed by atoms with E-state index in [1.54, 1.807) is 35.8 Å². The number of rotatable bonds is 5. The summed E-state index contributed by atoms with van der Waals surface area (Å²) in [6, 6.07) is 18.4. The summed E-state index contributed by atoms with van der Waals surface area (Å²) < 4.78 is 12.3.